The van der Waals surface area contributed by atoms with Gasteiger partial charge in [0.1, 0.15) is 5.65 Å². The zero-order valence-corrected chi connectivity index (χ0v) is 16.8. The van der Waals surface area contributed by atoms with Crippen LogP contribution in [-0.4, -0.2) is 35.1 Å². The van der Waals surface area contributed by atoms with Gasteiger partial charge in [0.05, 0.1) is 11.8 Å². The highest BCUT2D eigenvalue weighted by Gasteiger charge is 2.25. The lowest BCUT2D eigenvalue weighted by atomic mass is 10.0. The van der Waals surface area contributed by atoms with Crippen molar-refractivity contribution in [2.45, 2.75) is 38.3 Å². The molecule has 27 heavy (non-hydrogen) atoms. The quantitative estimate of drug-likeness (QED) is 0.643. The zero-order chi connectivity index (χ0) is 17.9. The van der Waals surface area contributed by atoms with Crippen LogP contribution in [-0.2, 0) is 11.3 Å². The molecule has 2 aromatic heterocycles. The third-order valence-electron chi connectivity index (χ3n) is 5.34. The van der Waals surface area contributed by atoms with Gasteiger partial charge in [-0.1, -0.05) is 37.3 Å². The van der Waals surface area contributed by atoms with Gasteiger partial charge in [-0.15, -0.1) is 12.4 Å². The second-order valence-corrected chi connectivity index (χ2v) is 7.43. The molecule has 1 aliphatic rings. The van der Waals surface area contributed by atoms with Crippen molar-refractivity contribution >= 4 is 23.4 Å². The first-order valence-corrected chi connectivity index (χ1v) is 9.53. The average Bonchev–Trinajstić information content (AvgIpc) is 3.31. The topological polar surface area (TPSA) is 41.1 Å². The largest absolute Gasteiger partial charge is 0.372 e. The maximum absolute atomic E-state index is 5.96. The van der Waals surface area contributed by atoms with Crippen LogP contribution < -0.4 is 0 Å². The van der Waals surface area contributed by atoms with Crippen LogP contribution in [0.3, 0.4) is 0 Å². The molecule has 0 aliphatic carbocycles. The Morgan fingerprint density at radius 2 is 2.04 bits per heavy atom. The van der Waals surface area contributed by atoms with Crippen molar-refractivity contribution in [1.29, 1.82) is 0 Å². The second kappa shape index (κ2) is 8.87. The van der Waals surface area contributed by atoms with E-state index in [1.54, 1.807) is 0 Å². The summed E-state index contributed by atoms with van der Waals surface area (Å²) in [5, 5.41) is 1.22. The van der Waals surface area contributed by atoms with Crippen molar-refractivity contribution in [2.24, 2.45) is 0 Å². The van der Waals surface area contributed by atoms with Crippen LogP contribution >= 0.6 is 12.4 Å². The molecule has 4 rings (SSSR count). The van der Waals surface area contributed by atoms with Crippen molar-refractivity contribution in [2.75, 3.05) is 20.2 Å². The highest BCUT2D eigenvalue weighted by molar-refractivity contribution is 5.85. The van der Waals surface area contributed by atoms with Gasteiger partial charge in [0.2, 0.25) is 0 Å². The normalized spacial score (nSPS) is 18.0. The molecule has 3 aromatic rings. The maximum atomic E-state index is 5.96. The molecular weight excluding hydrogens is 358 g/mol. The maximum Gasteiger partial charge on any atom is 0.137 e. The van der Waals surface area contributed by atoms with Crippen molar-refractivity contribution < 1.29 is 4.74 Å². The Morgan fingerprint density at radius 3 is 2.78 bits per heavy atom. The number of H-pyrrole nitrogens is 1. The minimum absolute atomic E-state index is 0. The first-order chi connectivity index (χ1) is 12.7. The van der Waals surface area contributed by atoms with Gasteiger partial charge in [0.15, 0.2) is 0 Å². The van der Waals surface area contributed by atoms with E-state index in [1.165, 1.54) is 22.2 Å². The molecule has 5 heteroatoms. The number of halogens is 1. The highest BCUT2D eigenvalue weighted by Crippen LogP contribution is 2.34. The zero-order valence-electron chi connectivity index (χ0n) is 16.0. The number of aromatic nitrogens is 2. The lowest BCUT2D eigenvalue weighted by Crippen LogP contribution is -2.23. The highest BCUT2D eigenvalue weighted by atomic mass is 35.5. The fourth-order valence-electron chi connectivity index (χ4n) is 4.04. The number of hydrogen-bond donors (Lipinski definition) is 1. The number of fused-ring (bicyclic) bond motifs is 1. The lowest BCUT2D eigenvalue weighted by molar-refractivity contribution is 0.108. The minimum atomic E-state index is 0. The number of likely N-dealkylation sites (N-methyl/N-ethyl adjacent to an activating group) is 1. The van der Waals surface area contributed by atoms with Crippen LogP contribution in [0, 0.1) is 0 Å². The third kappa shape index (κ3) is 4.34. The number of ether oxygens (including phenoxy) is 1. The van der Waals surface area contributed by atoms with Gasteiger partial charge in [0.25, 0.3) is 0 Å². The van der Waals surface area contributed by atoms with Gasteiger partial charge in [0, 0.05) is 31.3 Å². The van der Waals surface area contributed by atoms with E-state index in [0.29, 0.717) is 5.92 Å². The van der Waals surface area contributed by atoms with Gasteiger partial charge < -0.3 is 14.6 Å². The summed E-state index contributed by atoms with van der Waals surface area (Å²) in [6.07, 6.45) is 4.25. The molecule has 3 heterocycles. The van der Waals surface area contributed by atoms with E-state index in [-0.39, 0.29) is 18.5 Å². The molecular formula is C22H28ClN3O. The molecule has 0 spiro atoms. The van der Waals surface area contributed by atoms with Crippen LogP contribution in [0.4, 0.5) is 0 Å². The first-order valence-electron chi connectivity index (χ1n) is 9.53. The minimum Gasteiger partial charge on any atom is -0.372 e. The monoisotopic (exact) mass is 385 g/mol. The van der Waals surface area contributed by atoms with Crippen molar-refractivity contribution in [3.8, 4) is 0 Å². The smallest absolute Gasteiger partial charge is 0.137 e. The summed E-state index contributed by atoms with van der Waals surface area (Å²) in [6.45, 7) is 5.07. The first kappa shape index (κ1) is 19.9. The molecule has 4 nitrogen and oxygen atoms in total. The number of aromatic amines is 1. The summed E-state index contributed by atoms with van der Waals surface area (Å²) < 4.78 is 5.96. The van der Waals surface area contributed by atoms with Gasteiger partial charge in [-0.25, -0.2) is 4.98 Å². The SMILES string of the molecule is CC(CN(C)Cc1c([C@H]2CCCO2)[nH]c2ncccc12)c1ccccc1.Cl. The summed E-state index contributed by atoms with van der Waals surface area (Å²) in [6, 6.07) is 14.9. The standard InChI is InChI=1S/C22H27N3O.ClH/c1-16(17-8-4-3-5-9-17)14-25(2)15-19-18-10-6-12-23-22(18)24-21(19)20-11-7-13-26-20;/h3-6,8-10,12,16,20H,7,11,13-15H2,1-2H3,(H,23,24);1H/t16?,20-;/m1./s1. The van der Waals surface area contributed by atoms with E-state index in [9.17, 15) is 0 Å². The lowest BCUT2D eigenvalue weighted by Gasteiger charge is -2.23. The van der Waals surface area contributed by atoms with Crippen LogP contribution in [0.15, 0.2) is 48.7 Å². The van der Waals surface area contributed by atoms with E-state index < -0.39 is 0 Å². The Labute approximate surface area is 167 Å². The Morgan fingerprint density at radius 1 is 1.22 bits per heavy atom. The van der Waals surface area contributed by atoms with E-state index in [1.807, 2.05) is 12.3 Å². The number of pyridine rings is 1. The van der Waals surface area contributed by atoms with E-state index in [2.05, 4.69) is 65.2 Å². The molecule has 144 valence electrons. The number of benzene rings is 1. The predicted octanol–water partition coefficient (Wildman–Crippen LogP) is 5.07. The Balaban J connectivity index is 0.00000210. The molecule has 0 radical (unpaired) electrons. The summed E-state index contributed by atoms with van der Waals surface area (Å²) in [7, 11) is 2.20. The van der Waals surface area contributed by atoms with E-state index in [0.717, 1.165) is 38.2 Å². The summed E-state index contributed by atoms with van der Waals surface area (Å²) in [4.78, 5) is 10.5. The van der Waals surface area contributed by atoms with Crippen molar-refractivity contribution in [3.05, 3.63) is 65.5 Å². The van der Waals surface area contributed by atoms with Gasteiger partial charge >= 0.3 is 0 Å². The fourth-order valence-corrected chi connectivity index (χ4v) is 4.04. The molecule has 1 saturated heterocycles. The second-order valence-electron chi connectivity index (χ2n) is 7.43. The van der Waals surface area contributed by atoms with Gasteiger partial charge in [-0.3, -0.25) is 0 Å². The molecule has 1 fully saturated rings. The van der Waals surface area contributed by atoms with Crippen LogP contribution in [0.1, 0.15) is 48.6 Å². The molecule has 0 bridgehead atoms. The Bertz CT molecular complexity index is 858. The van der Waals surface area contributed by atoms with Crippen LogP contribution in [0.2, 0.25) is 0 Å². The Kier molecular flexibility index (Phi) is 6.53. The van der Waals surface area contributed by atoms with Crippen LogP contribution in [0.5, 0.6) is 0 Å². The fraction of sp³-hybridized carbons (Fsp3) is 0.409. The number of nitrogens with one attached hydrogen (secondary N) is 1. The molecule has 1 aromatic carbocycles. The van der Waals surface area contributed by atoms with Crippen molar-refractivity contribution in [3.63, 3.8) is 0 Å². The summed E-state index contributed by atoms with van der Waals surface area (Å²) in [5.74, 6) is 0.496. The van der Waals surface area contributed by atoms with E-state index in [4.69, 9.17) is 4.74 Å². The van der Waals surface area contributed by atoms with Gasteiger partial charge in [-0.05, 0) is 49.1 Å². The Hall–Kier alpha value is -1.88. The molecule has 1 unspecified atom stereocenters. The van der Waals surface area contributed by atoms with Crippen LogP contribution in [0.25, 0.3) is 11.0 Å². The summed E-state index contributed by atoms with van der Waals surface area (Å²) >= 11 is 0. The third-order valence-corrected chi connectivity index (χ3v) is 5.34. The molecule has 2 atom stereocenters. The summed E-state index contributed by atoms with van der Waals surface area (Å²) in [5.41, 5.74) is 4.91. The molecule has 0 amide bonds. The molecule has 1 aliphatic heterocycles. The number of hydrogen-bond acceptors (Lipinski definition) is 3. The van der Waals surface area contributed by atoms with E-state index >= 15 is 0 Å². The average molecular weight is 386 g/mol. The predicted molar refractivity (Wildman–Crippen MR) is 112 cm³/mol. The van der Waals surface area contributed by atoms with Gasteiger partial charge in [-0.2, -0.15) is 0 Å². The number of rotatable bonds is 6. The number of nitrogens with zero attached hydrogens (tertiary/aromatic N) is 2. The van der Waals surface area contributed by atoms with Crippen molar-refractivity contribution in [1.82, 2.24) is 14.9 Å². The molecule has 1 N–H and O–H groups in total. The molecule has 0 saturated carbocycles.